The lowest BCUT2D eigenvalue weighted by molar-refractivity contribution is -0.385. The van der Waals surface area contributed by atoms with Crippen LogP contribution in [0.1, 0.15) is 21.5 Å². The van der Waals surface area contributed by atoms with Gasteiger partial charge >= 0.3 is 6.18 Å². The lowest BCUT2D eigenvalue weighted by Crippen LogP contribution is -2.13. The van der Waals surface area contributed by atoms with Gasteiger partial charge in [0.25, 0.3) is 11.6 Å². The maximum absolute atomic E-state index is 12.8. The van der Waals surface area contributed by atoms with E-state index in [0.29, 0.717) is 5.56 Å². The molecule has 10 heteroatoms. The van der Waals surface area contributed by atoms with Gasteiger partial charge in [-0.3, -0.25) is 19.6 Å². The van der Waals surface area contributed by atoms with Crippen molar-refractivity contribution in [1.29, 1.82) is 0 Å². The summed E-state index contributed by atoms with van der Waals surface area (Å²) in [5.41, 5.74) is -0.568. The van der Waals surface area contributed by atoms with E-state index in [9.17, 15) is 28.1 Å². The topological polar surface area (TPSA) is 90.1 Å². The van der Waals surface area contributed by atoms with Crippen molar-refractivity contribution in [3.63, 3.8) is 0 Å². The predicted molar refractivity (Wildman–Crippen MR) is 93.8 cm³/mol. The summed E-state index contributed by atoms with van der Waals surface area (Å²) in [5.74, 6) is -0.689. The van der Waals surface area contributed by atoms with E-state index in [4.69, 9.17) is 0 Å². The van der Waals surface area contributed by atoms with Gasteiger partial charge < -0.3 is 5.32 Å². The largest absolute Gasteiger partial charge is 0.416 e. The maximum Gasteiger partial charge on any atom is 0.416 e. The molecule has 0 fully saturated rings. The molecule has 1 aromatic heterocycles. The summed E-state index contributed by atoms with van der Waals surface area (Å²) < 4.78 is 39.7. The van der Waals surface area contributed by atoms with Gasteiger partial charge in [-0.25, -0.2) is 0 Å². The van der Waals surface area contributed by atoms with Crippen LogP contribution in [-0.2, 0) is 12.7 Å². The highest BCUT2D eigenvalue weighted by Crippen LogP contribution is 2.29. The monoisotopic (exact) mass is 390 g/mol. The molecule has 0 radical (unpaired) electrons. The molecular weight excluding hydrogens is 377 g/mol. The van der Waals surface area contributed by atoms with Gasteiger partial charge in [-0.2, -0.15) is 18.3 Å². The summed E-state index contributed by atoms with van der Waals surface area (Å²) in [6, 6.07) is 10.3. The number of alkyl halides is 3. The molecule has 0 unspecified atom stereocenters. The number of rotatable bonds is 5. The highest BCUT2D eigenvalue weighted by atomic mass is 19.4. The Hall–Kier alpha value is -3.69. The minimum Gasteiger partial charge on any atom is -0.319 e. The number of anilines is 1. The summed E-state index contributed by atoms with van der Waals surface area (Å²) in [6.45, 7) is 0.0608. The molecule has 2 aromatic carbocycles. The number of carbonyl (C=O) groups is 1. The maximum atomic E-state index is 12.8. The minimum atomic E-state index is -4.44. The highest BCUT2D eigenvalue weighted by Gasteiger charge is 2.30. The van der Waals surface area contributed by atoms with Crippen molar-refractivity contribution in [2.24, 2.45) is 0 Å². The SMILES string of the molecule is O=C(Nc1cnn(Cc2cccc(C(F)(F)F)c2)c1)c1ccccc1[N+](=O)[O-]. The van der Waals surface area contributed by atoms with Crippen LogP contribution in [-0.4, -0.2) is 20.6 Å². The summed E-state index contributed by atoms with van der Waals surface area (Å²) in [7, 11) is 0. The fraction of sp³-hybridized carbons (Fsp3) is 0.111. The molecular formula is C18H13F3N4O3. The number of aromatic nitrogens is 2. The van der Waals surface area contributed by atoms with Crippen molar-refractivity contribution in [3.05, 3.63) is 87.7 Å². The van der Waals surface area contributed by atoms with Gasteiger partial charge in [0.05, 0.1) is 28.9 Å². The standard InChI is InChI=1S/C18H13F3N4O3/c19-18(20,21)13-5-3-4-12(8-13)10-24-11-14(9-22-24)23-17(26)15-6-1-2-7-16(15)25(27)28/h1-9,11H,10H2,(H,23,26). The van der Waals surface area contributed by atoms with E-state index in [-0.39, 0.29) is 23.5 Å². The number of benzene rings is 2. The third-order valence-electron chi connectivity index (χ3n) is 3.84. The second-order valence-electron chi connectivity index (χ2n) is 5.85. The number of nitro groups is 1. The van der Waals surface area contributed by atoms with Crippen LogP contribution in [0.3, 0.4) is 0 Å². The van der Waals surface area contributed by atoms with E-state index in [1.165, 1.54) is 53.5 Å². The molecule has 0 saturated carbocycles. The fourth-order valence-corrected chi connectivity index (χ4v) is 2.57. The van der Waals surface area contributed by atoms with Gasteiger partial charge in [0.15, 0.2) is 0 Å². The molecule has 28 heavy (non-hydrogen) atoms. The number of carbonyl (C=O) groups excluding carboxylic acids is 1. The average molecular weight is 390 g/mol. The summed E-state index contributed by atoms with van der Waals surface area (Å²) >= 11 is 0. The molecule has 1 heterocycles. The second kappa shape index (κ2) is 7.51. The molecule has 3 rings (SSSR count). The van der Waals surface area contributed by atoms with E-state index in [0.717, 1.165) is 12.1 Å². The van der Waals surface area contributed by atoms with Crippen LogP contribution in [0, 0.1) is 10.1 Å². The molecule has 0 spiro atoms. The summed E-state index contributed by atoms with van der Waals surface area (Å²) in [5, 5.41) is 17.5. The first-order chi connectivity index (χ1) is 13.2. The van der Waals surface area contributed by atoms with Crippen molar-refractivity contribution in [2.75, 3.05) is 5.32 Å². The minimum absolute atomic E-state index is 0.0608. The summed E-state index contributed by atoms with van der Waals surface area (Å²) in [4.78, 5) is 22.6. The number of nitrogens with one attached hydrogen (secondary N) is 1. The number of amides is 1. The van der Waals surface area contributed by atoms with Crippen LogP contribution in [0.5, 0.6) is 0 Å². The lowest BCUT2D eigenvalue weighted by Gasteiger charge is -2.08. The molecule has 1 amide bonds. The van der Waals surface area contributed by atoms with Crippen LogP contribution in [0.4, 0.5) is 24.5 Å². The zero-order valence-corrected chi connectivity index (χ0v) is 14.2. The van der Waals surface area contributed by atoms with Gasteiger partial charge in [0.2, 0.25) is 0 Å². The van der Waals surface area contributed by atoms with Crippen molar-refractivity contribution in [2.45, 2.75) is 12.7 Å². The smallest absolute Gasteiger partial charge is 0.319 e. The number of nitrogens with zero attached hydrogens (tertiary/aromatic N) is 3. The Balaban J connectivity index is 1.73. The van der Waals surface area contributed by atoms with Gasteiger partial charge in [0.1, 0.15) is 5.56 Å². The molecule has 1 N–H and O–H groups in total. The van der Waals surface area contributed by atoms with Crippen LogP contribution >= 0.6 is 0 Å². The first-order valence-corrected chi connectivity index (χ1v) is 7.97. The van der Waals surface area contributed by atoms with Gasteiger partial charge in [-0.1, -0.05) is 24.3 Å². The number of hydrogen-bond acceptors (Lipinski definition) is 4. The molecule has 0 atom stereocenters. The zero-order valence-electron chi connectivity index (χ0n) is 14.2. The van der Waals surface area contributed by atoms with Crippen LogP contribution < -0.4 is 5.32 Å². The Morgan fingerprint density at radius 1 is 1.18 bits per heavy atom. The van der Waals surface area contributed by atoms with Gasteiger partial charge in [0, 0.05) is 12.3 Å². The van der Waals surface area contributed by atoms with Crippen molar-refractivity contribution in [3.8, 4) is 0 Å². The number of halogens is 3. The van der Waals surface area contributed by atoms with Crippen LogP contribution in [0.15, 0.2) is 60.9 Å². The zero-order chi connectivity index (χ0) is 20.3. The van der Waals surface area contributed by atoms with Crippen LogP contribution in [0.25, 0.3) is 0 Å². The molecule has 3 aromatic rings. The third-order valence-corrected chi connectivity index (χ3v) is 3.84. The highest BCUT2D eigenvalue weighted by molar-refractivity contribution is 6.06. The molecule has 0 aliphatic heterocycles. The fourth-order valence-electron chi connectivity index (χ4n) is 2.57. The summed E-state index contributed by atoms with van der Waals surface area (Å²) in [6.07, 6.45) is -1.71. The van der Waals surface area contributed by atoms with E-state index in [1.807, 2.05) is 0 Å². The van der Waals surface area contributed by atoms with Gasteiger partial charge in [-0.15, -0.1) is 0 Å². The second-order valence-corrected chi connectivity index (χ2v) is 5.85. The molecule has 7 nitrogen and oxygen atoms in total. The molecule has 144 valence electrons. The molecule has 0 aliphatic rings. The molecule has 0 aliphatic carbocycles. The molecule has 0 bridgehead atoms. The number of hydrogen-bond donors (Lipinski definition) is 1. The lowest BCUT2D eigenvalue weighted by atomic mass is 10.1. The first kappa shape index (κ1) is 19.1. The third kappa shape index (κ3) is 4.34. The van der Waals surface area contributed by atoms with E-state index in [2.05, 4.69) is 10.4 Å². The number of para-hydroxylation sites is 1. The van der Waals surface area contributed by atoms with E-state index >= 15 is 0 Å². The van der Waals surface area contributed by atoms with E-state index < -0.39 is 22.6 Å². The Kier molecular flexibility index (Phi) is 5.12. The average Bonchev–Trinajstić information content (AvgIpc) is 3.08. The number of nitro benzene ring substituents is 1. The van der Waals surface area contributed by atoms with Gasteiger partial charge in [-0.05, 0) is 23.8 Å². The quantitative estimate of drug-likeness (QED) is 0.524. The van der Waals surface area contributed by atoms with Crippen molar-refractivity contribution >= 4 is 17.3 Å². The van der Waals surface area contributed by atoms with Crippen molar-refractivity contribution in [1.82, 2.24) is 9.78 Å². The predicted octanol–water partition coefficient (Wildman–Crippen LogP) is 4.11. The van der Waals surface area contributed by atoms with Crippen LogP contribution in [0.2, 0.25) is 0 Å². The van der Waals surface area contributed by atoms with Crippen molar-refractivity contribution < 1.29 is 22.9 Å². The Morgan fingerprint density at radius 2 is 1.93 bits per heavy atom. The van der Waals surface area contributed by atoms with E-state index in [1.54, 1.807) is 0 Å². The Bertz CT molecular complexity index is 1030. The molecule has 0 saturated heterocycles. The Morgan fingerprint density at radius 3 is 2.64 bits per heavy atom. The Labute approximate surface area is 156 Å². The normalized spacial score (nSPS) is 11.2. The first-order valence-electron chi connectivity index (χ1n) is 7.97.